The van der Waals surface area contributed by atoms with E-state index < -0.39 is 5.60 Å². The first-order valence-electron chi connectivity index (χ1n) is 6.22. The Bertz CT molecular complexity index is 360. The van der Waals surface area contributed by atoms with Crippen LogP contribution in [-0.2, 0) is 12.0 Å². The zero-order valence-corrected chi connectivity index (χ0v) is 9.95. The van der Waals surface area contributed by atoms with Gasteiger partial charge in [-0.15, -0.1) is 0 Å². The lowest BCUT2D eigenvalue weighted by molar-refractivity contribution is 0.0221. The van der Waals surface area contributed by atoms with Crippen molar-refractivity contribution in [2.45, 2.75) is 38.2 Å². The van der Waals surface area contributed by atoms with Gasteiger partial charge in [0, 0.05) is 6.54 Å². The molecule has 1 aromatic carbocycles. The molecule has 1 saturated carbocycles. The summed E-state index contributed by atoms with van der Waals surface area (Å²) < 4.78 is 0. The lowest BCUT2D eigenvalue weighted by Crippen LogP contribution is -2.37. The third kappa shape index (κ3) is 2.13. The summed E-state index contributed by atoms with van der Waals surface area (Å²) in [6, 6.07) is 8.28. The van der Waals surface area contributed by atoms with Crippen LogP contribution in [0.2, 0.25) is 0 Å². The maximum atomic E-state index is 10.6. The Morgan fingerprint density at radius 3 is 2.75 bits per heavy atom. The molecule has 1 aliphatic rings. The molecule has 0 heterocycles. The molecule has 1 fully saturated rings. The molecule has 16 heavy (non-hydrogen) atoms. The number of hydrogen-bond acceptors (Lipinski definition) is 2. The van der Waals surface area contributed by atoms with Gasteiger partial charge in [0.1, 0.15) is 5.60 Å². The van der Waals surface area contributed by atoms with Crippen molar-refractivity contribution in [2.24, 2.45) is 11.7 Å². The molecule has 2 nitrogen and oxygen atoms in total. The van der Waals surface area contributed by atoms with Crippen LogP contribution in [0.15, 0.2) is 24.3 Å². The minimum absolute atomic E-state index is 0.327. The molecule has 0 bridgehead atoms. The Morgan fingerprint density at radius 2 is 2.19 bits per heavy atom. The summed E-state index contributed by atoms with van der Waals surface area (Å²) in [5, 5.41) is 10.6. The van der Waals surface area contributed by atoms with E-state index >= 15 is 0 Å². The van der Waals surface area contributed by atoms with Crippen LogP contribution in [0.4, 0.5) is 0 Å². The van der Waals surface area contributed by atoms with Crippen molar-refractivity contribution in [3.63, 3.8) is 0 Å². The average molecular weight is 219 g/mol. The number of aliphatic hydroxyl groups is 1. The zero-order chi connectivity index (χ0) is 11.6. The van der Waals surface area contributed by atoms with Crippen LogP contribution in [0, 0.1) is 5.92 Å². The second-order valence-electron chi connectivity index (χ2n) is 4.85. The van der Waals surface area contributed by atoms with E-state index in [0.29, 0.717) is 12.5 Å². The first-order valence-corrected chi connectivity index (χ1v) is 6.22. The Labute approximate surface area is 97.5 Å². The lowest BCUT2D eigenvalue weighted by Gasteiger charge is -2.27. The van der Waals surface area contributed by atoms with E-state index in [-0.39, 0.29) is 0 Å². The largest absolute Gasteiger partial charge is 0.384 e. The summed E-state index contributed by atoms with van der Waals surface area (Å²) in [6.45, 7) is 2.50. The molecule has 0 aromatic heterocycles. The Hall–Kier alpha value is -0.860. The second-order valence-corrected chi connectivity index (χ2v) is 4.85. The van der Waals surface area contributed by atoms with Crippen LogP contribution < -0.4 is 5.73 Å². The van der Waals surface area contributed by atoms with Crippen LogP contribution in [0.1, 0.15) is 37.3 Å². The summed E-state index contributed by atoms with van der Waals surface area (Å²) in [5.74, 6) is 0.370. The first-order chi connectivity index (χ1) is 7.70. The van der Waals surface area contributed by atoms with Crippen molar-refractivity contribution in [3.8, 4) is 0 Å². The quantitative estimate of drug-likeness (QED) is 0.797. The van der Waals surface area contributed by atoms with Gasteiger partial charge in [0.15, 0.2) is 0 Å². The summed E-state index contributed by atoms with van der Waals surface area (Å²) in [6.07, 6.45) is 4.41. The fraction of sp³-hybridized carbons (Fsp3) is 0.571. The summed E-state index contributed by atoms with van der Waals surface area (Å²) in [7, 11) is 0. The number of hydrogen-bond donors (Lipinski definition) is 2. The molecule has 0 amide bonds. The molecule has 2 rings (SSSR count). The monoisotopic (exact) mass is 219 g/mol. The molecule has 3 N–H and O–H groups in total. The lowest BCUT2D eigenvalue weighted by atomic mass is 9.87. The maximum Gasteiger partial charge on any atom is 0.105 e. The van der Waals surface area contributed by atoms with Crippen LogP contribution in [0.5, 0.6) is 0 Å². The Balaban J connectivity index is 2.27. The highest BCUT2D eigenvalue weighted by Gasteiger charge is 2.43. The zero-order valence-electron chi connectivity index (χ0n) is 9.95. The van der Waals surface area contributed by atoms with E-state index in [9.17, 15) is 5.11 Å². The van der Waals surface area contributed by atoms with Gasteiger partial charge in [-0.1, -0.05) is 37.6 Å². The van der Waals surface area contributed by atoms with Crippen LogP contribution in [-0.4, -0.2) is 11.7 Å². The number of benzene rings is 1. The van der Waals surface area contributed by atoms with E-state index in [4.69, 9.17) is 5.73 Å². The van der Waals surface area contributed by atoms with Crippen LogP contribution in [0.3, 0.4) is 0 Å². The van der Waals surface area contributed by atoms with Gasteiger partial charge < -0.3 is 10.8 Å². The fourth-order valence-corrected chi connectivity index (χ4v) is 2.37. The molecule has 0 radical (unpaired) electrons. The predicted molar refractivity (Wildman–Crippen MR) is 66.1 cm³/mol. The minimum Gasteiger partial charge on any atom is -0.384 e. The van der Waals surface area contributed by atoms with Crippen molar-refractivity contribution in [1.82, 2.24) is 0 Å². The van der Waals surface area contributed by atoms with Crippen molar-refractivity contribution >= 4 is 0 Å². The number of aryl methyl sites for hydroxylation is 1. The topological polar surface area (TPSA) is 46.2 Å². The number of nitrogens with two attached hydrogens (primary N) is 1. The van der Waals surface area contributed by atoms with Gasteiger partial charge in [-0.2, -0.15) is 0 Å². The van der Waals surface area contributed by atoms with Gasteiger partial charge in [-0.3, -0.25) is 0 Å². The van der Waals surface area contributed by atoms with Crippen LogP contribution >= 0.6 is 0 Å². The van der Waals surface area contributed by atoms with Crippen molar-refractivity contribution < 1.29 is 5.11 Å². The number of rotatable bonds is 5. The highest BCUT2D eigenvalue weighted by Crippen LogP contribution is 2.45. The molecule has 88 valence electrons. The van der Waals surface area contributed by atoms with Gasteiger partial charge in [0.05, 0.1) is 0 Å². The molecule has 1 aromatic rings. The normalized spacial score (nSPS) is 19.4. The minimum atomic E-state index is -0.788. The molecule has 1 aliphatic carbocycles. The highest BCUT2D eigenvalue weighted by molar-refractivity contribution is 5.30. The van der Waals surface area contributed by atoms with Crippen molar-refractivity contribution in [2.75, 3.05) is 6.54 Å². The SMILES string of the molecule is CCCc1cccc(C(O)(CN)C2CC2)c1. The van der Waals surface area contributed by atoms with Gasteiger partial charge in [-0.05, 0) is 36.3 Å². The Kier molecular flexibility index (Phi) is 3.31. The molecule has 0 spiro atoms. The van der Waals surface area contributed by atoms with Gasteiger partial charge in [0.2, 0.25) is 0 Å². The molecule has 0 aliphatic heterocycles. The van der Waals surface area contributed by atoms with E-state index in [1.807, 2.05) is 12.1 Å². The molecule has 1 atom stereocenters. The fourth-order valence-electron chi connectivity index (χ4n) is 2.37. The maximum absolute atomic E-state index is 10.6. The van der Waals surface area contributed by atoms with Gasteiger partial charge in [-0.25, -0.2) is 0 Å². The molecular weight excluding hydrogens is 198 g/mol. The summed E-state index contributed by atoms with van der Waals surface area (Å²) >= 11 is 0. The first kappa shape index (κ1) is 11.6. The van der Waals surface area contributed by atoms with Gasteiger partial charge >= 0.3 is 0 Å². The van der Waals surface area contributed by atoms with Crippen LogP contribution in [0.25, 0.3) is 0 Å². The molecule has 2 heteroatoms. The van der Waals surface area contributed by atoms with E-state index in [0.717, 1.165) is 31.2 Å². The average Bonchev–Trinajstić information content (AvgIpc) is 3.13. The summed E-state index contributed by atoms with van der Waals surface area (Å²) in [5.41, 5.74) is 7.27. The van der Waals surface area contributed by atoms with Gasteiger partial charge in [0.25, 0.3) is 0 Å². The molecular formula is C14H21NO. The van der Waals surface area contributed by atoms with E-state index in [1.54, 1.807) is 0 Å². The summed E-state index contributed by atoms with van der Waals surface area (Å²) in [4.78, 5) is 0. The van der Waals surface area contributed by atoms with E-state index in [1.165, 1.54) is 5.56 Å². The second kappa shape index (κ2) is 4.56. The van der Waals surface area contributed by atoms with E-state index in [2.05, 4.69) is 19.1 Å². The van der Waals surface area contributed by atoms with Crippen molar-refractivity contribution in [3.05, 3.63) is 35.4 Å². The smallest absolute Gasteiger partial charge is 0.105 e. The Morgan fingerprint density at radius 1 is 1.44 bits per heavy atom. The highest BCUT2D eigenvalue weighted by atomic mass is 16.3. The predicted octanol–water partition coefficient (Wildman–Crippen LogP) is 2.20. The molecule has 0 saturated heterocycles. The third-order valence-electron chi connectivity index (χ3n) is 3.53. The third-order valence-corrected chi connectivity index (χ3v) is 3.53. The standard InChI is InChI=1S/C14H21NO/c1-2-4-11-5-3-6-13(9-11)14(16,10-15)12-7-8-12/h3,5-6,9,12,16H,2,4,7-8,10,15H2,1H3. The van der Waals surface area contributed by atoms with Crippen molar-refractivity contribution in [1.29, 1.82) is 0 Å². The molecule has 1 unspecified atom stereocenters.